The van der Waals surface area contributed by atoms with E-state index in [9.17, 15) is 0 Å². The minimum absolute atomic E-state index is 0.794. The SMILES string of the molecule is Cc1cccc(N[N+]#N)c1.Cc1cccc(N[N+]#N)c1.O=S(=O)([O-])[O-]. The first kappa shape index (κ1) is 21.8. The average Bonchev–Trinajstić information content (AvgIpc) is 2.47. The Kier molecular flexibility index (Phi) is 9.84. The van der Waals surface area contributed by atoms with Crippen molar-refractivity contribution in [2.45, 2.75) is 13.8 Å². The number of hydrogen-bond acceptors (Lipinski definition) is 8. The highest BCUT2D eigenvalue weighted by atomic mass is 32.3. The van der Waals surface area contributed by atoms with Gasteiger partial charge in [-0.3, -0.25) is 8.42 Å². The van der Waals surface area contributed by atoms with Gasteiger partial charge in [0.2, 0.25) is 0 Å². The predicted molar refractivity (Wildman–Crippen MR) is 90.2 cm³/mol. The fourth-order valence-corrected chi connectivity index (χ4v) is 1.54. The average molecular weight is 364 g/mol. The quantitative estimate of drug-likeness (QED) is 0.356. The summed E-state index contributed by atoms with van der Waals surface area (Å²) < 4.78 is 34.1. The van der Waals surface area contributed by atoms with Gasteiger partial charge in [-0.1, -0.05) is 24.3 Å². The van der Waals surface area contributed by atoms with Crippen LogP contribution in [0, 0.1) is 24.6 Å². The monoisotopic (exact) mass is 364 g/mol. The van der Waals surface area contributed by atoms with Crippen LogP contribution >= 0.6 is 0 Å². The van der Waals surface area contributed by atoms with Gasteiger partial charge in [0.1, 0.15) is 11.4 Å². The smallest absolute Gasteiger partial charge is 0.308 e. The first-order valence-corrected chi connectivity index (χ1v) is 7.99. The van der Waals surface area contributed by atoms with Crippen molar-refractivity contribution in [1.82, 2.24) is 0 Å². The Morgan fingerprint density at radius 1 is 0.840 bits per heavy atom. The lowest BCUT2D eigenvalue weighted by molar-refractivity contribution is 0.352. The van der Waals surface area contributed by atoms with E-state index >= 15 is 0 Å². The summed E-state index contributed by atoms with van der Waals surface area (Å²) >= 11 is 0. The normalized spacial score (nSPS) is 9.04. The van der Waals surface area contributed by atoms with Crippen LogP contribution in [0.4, 0.5) is 11.4 Å². The molecule has 132 valence electrons. The molecule has 2 aromatic rings. The molecule has 0 saturated heterocycles. The largest absolute Gasteiger partial charge is 0.759 e. The molecule has 10 nitrogen and oxygen atoms in total. The maximum Gasteiger partial charge on any atom is 0.308 e. The van der Waals surface area contributed by atoms with Crippen LogP contribution in [-0.4, -0.2) is 17.5 Å². The van der Waals surface area contributed by atoms with E-state index in [4.69, 9.17) is 28.3 Å². The molecule has 25 heavy (non-hydrogen) atoms. The number of rotatable bonds is 2. The van der Waals surface area contributed by atoms with Crippen LogP contribution in [0.2, 0.25) is 0 Å². The van der Waals surface area contributed by atoms with Crippen LogP contribution in [0.25, 0.3) is 10.2 Å². The summed E-state index contributed by atoms with van der Waals surface area (Å²) in [5.74, 6) is 0. The van der Waals surface area contributed by atoms with E-state index < -0.39 is 10.4 Å². The van der Waals surface area contributed by atoms with Gasteiger partial charge in [-0.2, -0.15) is 0 Å². The first-order chi connectivity index (χ1) is 11.7. The predicted octanol–water partition coefficient (Wildman–Crippen LogP) is 3.01. The number of nitrogens with one attached hydrogen (secondary N) is 2. The van der Waals surface area contributed by atoms with Crippen LogP contribution in [0.5, 0.6) is 0 Å². The number of diazo groups is 2. The third kappa shape index (κ3) is 14.1. The van der Waals surface area contributed by atoms with Crippen LogP contribution < -0.4 is 10.9 Å². The third-order valence-corrected chi connectivity index (χ3v) is 2.39. The van der Waals surface area contributed by atoms with Crippen LogP contribution in [-0.2, 0) is 10.4 Å². The van der Waals surface area contributed by atoms with Crippen molar-refractivity contribution in [2.75, 3.05) is 10.9 Å². The molecule has 0 fully saturated rings. The maximum absolute atomic E-state index is 8.52. The molecule has 0 bridgehead atoms. The molecule has 11 heteroatoms. The standard InChI is InChI=1S/2C7H8N3.H2O4S/c2*1-6-3-2-4-7(5-6)9-10-8;1-5(2,3)4/h2*2-5,9H,1H3;(H2,1,2,3,4)/q2*+1;/p-2. The number of aryl methyl sites for hydroxylation is 2. The van der Waals surface area contributed by atoms with E-state index in [1.165, 1.54) is 0 Å². The van der Waals surface area contributed by atoms with E-state index in [0.717, 1.165) is 22.5 Å². The lowest BCUT2D eigenvalue weighted by Gasteiger charge is -2.06. The molecule has 0 aliphatic heterocycles. The lowest BCUT2D eigenvalue weighted by Crippen LogP contribution is -1.91. The molecule has 0 aliphatic rings. The molecule has 0 amide bonds. The highest BCUT2D eigenvalue weighted by Gasteiger charge is 1.95. The van der Waals surface area contributed by atoms with Crippen molar-refractivity contribution in [2.24, 2.45) is 0 Å². The van der Waals surface area contributed by atoms with Crippen LogP contribution in [0.3, 0.4) is 0 Å². The molecule has 0 atom stereocenters. The Bertz CT molecular complexity index is 793. The van der Waals surface area contributed by atoms with Gasteiger partial charge in [0, 0.05) is 10.4 Å². The second kappa shape index (κ2) is 11.3. The molecule has 0 aromatic heterocycles. The van der Waals surface area contributed by atoms with E-state index in [0.29, 0.717) is 0 Å². The number of hydrogen-bond donors (Lipinski definition) is 2. The van der Waals surface area contributed by atoms with Gasteiger partial charge in [-0.25, -0.2) is 0 Å². The second-order valence-corrected chi connectivity index (χ2v) is 5.39. The molecule has 2 N–H and O–H groups in total. The summed E-state index contributed by atoms with van der Waals surface area (Å²) in [5.41, 5.74) is 8.71. The highest BCUT2D eigenvalue weighted by molar-refractivity contribution is 7.79. The van der Waals surface area contributed by atoms with Crippen LogP contribution in [0.1, 0.15) is 11.1 Å². The Morgan fingerprint density at radius 2 is 1.16 bits per heavy atom. The van der Waals surface area contributed by atoms with E-state index in [1.807, 2.05) is 62.4 Å². The van der Waals surface area contributed by atoms with Crippen molar-refractivity contribution >= 4 is 21.8 Å². The number of nitrogens with zero attached hydrogens (tertiary/aromatic N) is 4. The molecule has 0 heterocycles. The molecule has 0 spiro atoms. The summed E-state index contributed by atoms with van der Waals surface area (Å²) in [6.07, 6.45) is 0. The minimum atomic E-state index is -5.17. The molecule has 0 unspecified atom stereocenters. The zero-order chi connectivity index (χ0) is 19.3. The summed E-state index contributed by atoms with van der Waals surface area (Å²) in [6, 6.07) is 15.2. The highest BCUT2D eigenvalue weighted by Crippen LogP contribution is 2.09. The van der Waals surface area contributed by atoms with Gasteiger partial charge in [0.15, 0.2) is 0 Å². The fraction of sp³-hybridized carbons (Fsp3) is 0.143. The summed E-state index contributed by atoms with van der Waals surface area (Å²) in [4.78, 5) is 0. The topological polar surface area (TPSA) is 161 Å². The van der Waals surface area contributed by atoms with Crippen molar-refractivity contribution in [3.8, 4) is 0 Å². The number of benzene rings is 2. The zero-order valence-corrected chi connectivity index (χ0v) is 14.3. The molecular weight excluding hydrogens is 348 g/mol. The Hall–Kier alpha value is -3.25. The molecule has 2 rings (SSSR count). The molecule has 0 radical (unpaired) electrons. The van der Waals surface area contributed by atoms with Gasteiger partial charge < -0.3 is 9.11 Å². The third-order valence-electron chi connectivity index (χ3n) is 2.39. The van der Waals surface area contributed by atoms with Crippen molar-refractivity contribution in [3.63, 3.8) is 0 Å². The van der Waals surface area contributed by atoms with Gasteiger partial charge in [0.05, 0.1) is 0 Å². The van der Waals surface area contributed by atoms with Gasteiger partial charge >= 0.3 is 10.2 Å². The molecule has 2 aromatic carbocycles. The zero-order valence-electron chi connectivity index (χ0n) is 13.4. The summed E-state index contributed by atoms with van der Waals surface area (Å²) in [6.45, 7) is 3.95. The fourth-order valence-electron chi connectivity index (χ4n) is 1.54. The number of anilines is 2. The van der Waals surface area contributed by atoms with Crippen molar-refractivity contribution in [1.29, 1.82) is 10.8 Å². The Labute approximate surface area is 145 Å². The maximum atomic E-state index is 8.52. The molecule has 0 saturated carbocycles. The van der Waals surface area contributed by atoms with E-state index in [2.05, 4.69) is 21.0 Å². The van der Waals surface area contributed by atoms with Crippen molar-refractivity contribution in [3.05, 3.63) is 69.8 Å². The second-order valence-electron chi connectivity index (χ2n) is 4.57. The minimum Gasteiger partial charge on any atom is -0.759 e. The molecule has 0 aliphatic carbocycles. The Morgan fingerprint density at radius 3 is 1.40 bits per heavy atom. The summed E-state index contributed by atoms with van der Waals surface area (Å²) in [7, 11) is -5.17. The first-order valence-electron chi connectivity index (χ1n) is 6.66. The van der Waals surface area contributed by atoms with Crippen molar-refractivity contribution < 1.29 is 17.5 Å². The van der Waals surface area contributed by atoms with E-state index in [1.54, 1.807) is 0 Å². The van der Waals surface area contributed by atoms with Crippen LogP contribution in [0.15, 0.2) is 48.5 Å². The summed E-state index contributed by atoms with van der Waals surface area (Å²) in [5, 5.41) is 21.8. The van der Waals surface area contributed by atoms with Gasteiger partial charge in [0.25, 0.3) is 10.8 Å². The van der Waals surface area contributed by atoms with Gasteiger partial charge in [-0.15, -0.1) is 0 Å². The Balaban J connectivity index is 0.000000368. The van der Waals surface area contributed by atoms with Gasteiger partial charge in [-0.05, 0) is 60.1 Å². The lowest BCUT2D eigenvalue weighted by atomic mass is 10.2. The molecular formula is C14H16N6O4S. The van der Waals surface area contributed by atoms with E-state index in [-0.39, 0.29) is 0 Å².